The lowest BCUT2D eigenvalue weighted by Gasteiger charge is -2.23. The summed E-state index contributed by atoms with van der Waals surface area (Å²) < 4.78 is 0. The van der Waals surface area contributed by atoms with E-state index in [1.54, 1.807) is 5.57 Å². The lowest BCUT2D eigenvalue weighted by atomic mass is 9.81. The lowest BCUT2D eigenvalue weighted by molar-refractivity contribution is 0.513. The minimum Gasteiger partial charge on any atom is -0.0632 e. The molecule has 0 aliphatic heterocycles. The van der Waals surface area contributed by atoms with E-state index in [1.165, 1.54) is 24.0 Å². The van der Waals surface area contributed by atoms with E-state index in [2.05, 4.69) is 52.8 Å². The standard InChI is InChI=1S/C14H22/c1-6-11(7-2)12-9-8-10-13(12)14(3,4)5/h8-10H,6-7H2,1-5H3. The van der Waals surface area contributed by atoms with Crippen LogP contribution in [0, 0.1) is 5.41 Å². The molecule has 0 heterocycles. The number of rotatable bonds is 2. The fourth-order valence-electron chi connectivity index (χ4n) is 2.01. The van der Waals surface area contributed by atoms with Crippen molar-refractivity contribution in [3.63, 3.8) is 0 Å². The molecule has 0 nitrogen and oxygen atoms in total. The summed E-state index contributed by atoms with van der Waals surface area (Å²) in [6.07, 6.45) is 9.05. The molecule has 78 valence electrons. The van der Waals surface area contributed by atoms with Gasteiger partial charge < -0.3 is 0 Å². The smallest absolute Gasteiger partial charge is 0.0126 e. The Balaban J connectivity index is 3.08. The Kier molecular flexibility index (Phi) is 3.36. The van der Waals surface area contributed by atoms with E-state index in [4.69, 9.17) is 0 Å². The van der Waals surface area contributed by atoms with Gasteiger partial charge >= 0.3 is 0 Å². The van der Waals surface area contributed by atoms with Crippen LogP contribution in [0.3, 0.4) is 0 Å². The Morgan fingerprint density at radius 3 is 2.14 bits per heavy atom. The number of hydrogen-bond acceptors (Lipinski definition) is 0. The van der Waals surface area contributed by atoms with Gasteiger partial charge in [0.2, 0.25) is 0 Å². The van der Waals surface area contributed by atoms with Crippen LogP contribution < -0.4 is 0 Å². The van der Waals surface area contributed by atoms with E-state index in [1.807, 2.05) is 0 Å². The predicted molar refractivity (Wildman–Crippen MR) is 64.3 cm³/mol. The molecule has 0 bridgehead atoms. The second kappa shape index (κ2) is 4.16. The van der Waals surface area contributed by atoms with E-state index < -0.39 is 0 Å². The van der Waals surface area contributed by atoms with Crippen LogP contribution in [0.1, 0.15) is 47.5 Å². The van der Waals surface area contributed by atoms with Crippen molar-refractivity contribution >= 4 is 0 Å². The molecule has 0 spiro atoms. The van der Waals surface area contributed by atoms with Crippen LogP contribution in [-0.4, -0.2) is 0 Å². The minimum atomic E-state index is 0.272. The van der Waals surface area contributed by atoms with Gasteiger partial charge in [-0.3, -0.25) is 0 Å². The van der Waals surface area contributed by atoms with Crippen LogP contribution in [0.15, 0.2) is 34.9 Å². The molecule has 0 saturated carbocycles. The summed E-state index contributed by atoms with van der Waals surface area (Å²) in [6.45, 7) is 11.4. The zero-order chi connectivity index (χ0) is 10.8. The summed E-state index contributed by atoms with van der Waals surface area (Å²) >= 11 is 0. The summed E-state index contributed by atoms with van der Waals surface area (Å²) in [6, 6.07) is 0. The minimum absolute atomic E-state index is 0.272. The van der Waals surface area contributed by atoms with E-state index in [-0.39, 0.29) is 5.41 Å². The Morgan fingerprint density at radius 1 is 1.14 bits per heavy atom. The molecule has 0 aromatic rings. The molecule has 0 aromatic heterocycles. The topological polar surface area (TPSA) is 0 Å². The first-order valence-corrected chi connectivity index (χ1v) is 5.62. The molecule has 0 radical (unpaired) electrons. The molecule has 14 heavy (non-hydrogen) atoms. The maximum Gasteiger partial charge on any atom is -0.0126 e. The van der Waals surface area contributed by atoms with Gasteiger partial charge in [-0.2, -0.15) is 0 Å². The molecule has 0 saturated heterocycles. The summed E-state index contributed by atoms with van der Waals surface area (Å²) in [5, 5.41) is 0. The molecular weight excluding hydrogens is 168 g/mol. The van der Waals surface area contributed by atoms with Crippen LogP contribution in [0.4, 0.5) is 0 Å². The zero-order valence-electron chi connectivity index (χ0n) is 10.1. The second-order valence-corrected chi connectivity index (χ2v) is 4.91. The molecule has 1 rings (SSSR count). The van der Waals surface area contributed by atoms with E-state index in [0.717, 1.165) is 0 Å². The Labute approximate surface area is 88.4 Å². The quantitative estimate of drug-likeness (QED) is 0.595. The SMILES string of the molecule is CCC(CC)=C1C=CC=C1C(C)(C)C. The van der Waals surface area contributed by atoms with Gasteiger partial charge in [0.15, 0.2) is 0 Å². The Morgan fingerprint density at radius 2 is 1.71 bits per heavy atom. The fraction of sp³-hybridized carbons (Fsp3) is 0.571. The highest BCUT2D eigenvalue weighted by Gasteiger charge is 2.22. The monoisotopic (exact) mass is 190 g/mol. The molecule has 1 aliphatic carbocycles. The highest BCUT2D eigenvalue weighted by Crippen LogP contribution is 2.37. The van der Waals surface area contributed by atoms with Crippen molar-refractivity contribution in [3.05, 3.63) is 34.9 Å². The summed E-state index contributed by atoms with van der Waals surface area (Å²) in [5.74, 6) is 0. The molecule has 0 unspecified atom stereocenters. The van der Waals surface area contributed by atoms with Crippen LogP contribution in [0.2, 0.25) is 0 Å². The first-order valence-electron chi connectivity index (χ1n) is 5.62. The number of allylic oxidation sites excluding steroid dienone is 6. The van der Waals surface area contributed by atoms with Crippen LogP contribution in [0.5, 0.6) is 0 Å². The molecule has 0 aromatic carbocycles. The lowest BCUT2D eigenvalue weighted by Crippen LogP contribution is -2.10. The zero-order valence-corrected chi connectivity index (χ0v) is 10.1. The predicted octanol–water partition coefficient (Wildman–Crippen LogP) is 4.65. The second-order valence-electron chi connectivity index (χ2n) is 4.91. The van der Waals surface area contributed by atoms with Gasteiger partial charge in [0.25, 0.3) is 0 Å². The Hall–Kier alpha value is -0.780. The third-order valence-corrected chi connectivity index (χ3v) is 2.86. The molecule has 0 fully saturated rings. The van der Waals surface area contributed by atoms with Gasteiger partial charge in [0, 0.05) is 0 Å². The van der Waals surface area contributed by atoms with Gasteiger partial charge in [0.1, 0.15) is 0 Å². The van der Waals surface area contributed by atoms with E-state index in [0.29, 0.717) is 0 Å². The van der Waals surface area contributed by atoms with Gasteiger partial charge in [-0.25, -0.2) is 0 Å². The van der Waals surface area contributed by atoms with Gasteiger partial charge in [-0.05, 0) is 29.4 Å². The first-order chi connectivity index (χ1) is 6.50. The molecule has 1 aliphatic rings. The van der Waals surface area contributed by atoms with Crippen molar-refractivity contribution in [2.24, 2.45) is 5.41 Å². The van der Waals surface area contributed by atoms with Crippen LogP contribution in [0.25, 0.3) is 0 Å². The van der Waals surface area contributed by atoms with Crippen LogP contribution in [-0.2, 0) is 0 Å². The van der Waals surface area contributed by atoms with Crippen molar-refractivity contribution in [1.82, 2.24) is 0 Å². The van der Waals surface area contributed by atoms with Crippen LogP contribution >= 0.6 is 0 Å². The molecule has 0 amide bonds. The molecule has 0 heteroatoms. The van der Waals surface area contributed by atoms with E-state index >= 15 is 0 Å². The van der Waals surface area contributed by atoms with E-state index in [9.17, 15) is 0 Å². The van der Waals surface area contributed by atoms with Crippen molar-refractivity contribution in [3.8, 4) is 0 Å². The van der Waals surface area contributed by atoms with Crippen molar-refractivity contribution < 1.29 is 0 Å². The average Bonchev–Trinajstić information content (AvgIpc) is 2.54. The maximum atomic E-state index is 2.29. The largest absolute Gasteiger partial charge is 0.0632 e. The van der Waals surface area contributed by atoms with Crippen molar-refractivity contribution in [1.29, 1.82) is 0 Å². The Bertz CT molecular complexity index is 286. The fourth-order valence-corrected chi connectivity index (χ4v) is 2.01. The van der Waals surface area contributed by atoms with Gasteiger partial charge in [0.05, 0.1) is 0 Å². The molecular formula is C14H22. The van der Waals surface area contributed by atoms with Gasteiger partial charge in [-0.1, -0.05) is 58.4 Å². The summed E-state index contributed by atoms with van der Waals surface area (Å²) in [7, 11) is 0. The van der Waals surface area contributed by atoms with Gasteiger partial charge in [-0.15, -0.1) is 0 Å². The van der Waals surface area contributed by atoms with Crippen molar-refractivity contribution in [2.45, 2.75) is 47.5 Å². The first kappa shape index (κ1) is 11.3. The maximum absolute atomic E-state index is 2.29. The third-order valence-electron chi connectivity index (χ3n) is 2.86. The number of hydrogen-bond donors (Lipinski definition) is 0. The highest BCUT2D eigenvalue weighted by atomic mass is 14.3. The summed E-state index contributed by atoms with van der Waals surface area (Å²) in [5.41, 5.74) is 4.84. The molecule has 0 atom stereocenters. The molecule has 0 N–H and O–H groups in total. The third kappa shape index (κ3) is 2.17. The van der Waals surface area contributed by atoms with Crippen molar-refractivity contribution in [2.75, 3.05) is 0 Å². The normalized spacial score (nSPS) is 16.1. The average molecular weight is 190 g/mol. The summed E-state index contributed by atoms with van der Waals surface area (Å²) in [4.78, 5) is 0. The highest BCUT2D eigenvalue weighted by molar-refractivity contribution is 5.53.